The molecule has 264 valence electrons. The van der Waals surface area contributed by atoms with E-state index < -0.39 is 11.9 Å². The van der Waals surface area contributed by atoms with Crippen LogP contribution in [0, 0.1) is 5.82 Å². The summed E-state index contributed by atoms with van der Waals surface area (Å²) in [5.74, 6) is 1.42. The van der Waals surface area contributed by atoms with Crippen LogP contribution in [0.4, 0.5) is 16.0 Å². The molecule has 4 aromatic carbocycles. The predicted octanol–water partition coefficient (Wildman–Crippen LogP) is 10.1. The van der Waals surface area contributed by atoms with Gasteiger partial charge in [0.1, 0.15) is 24.2 Å². The molecule has 14 heteroatoms. The number of nitrogens with zero attached hydrogens (tertiary/aromatic N) is 3. The fourth-order valence-electron chi connectivity index (χ4n) is 5.56. The maximum Gasteiger partial charge on any atom is 0.255 e. The van der Waals surface area contributed by atoms with Crippen LogP contribution in [0.2, 0.25) is 10.0 Å². The molecule has 2 heterocycles. The van der Waals surface area contributed by atoms with E-state index in [-0.39, 0.29) is 23.1 Å². The van der Waals surface area contributed by atoms with E-state index in [1.54, 1.807) is 28.9 Å². The second-order valence-corrected chi connectivity index (χ2v) is 13.9. The molecule has 0 saturated carbocycles. The number of hydrogen-bond acceptors (Lipinski definition) is 8. The fraction of sp³-hybridized carbons (Fsp3) is 0.216. The number of hydrogen-bond donors (Lipinski definition) is 2. The Labute approximate surface area is 317 Å². The number of fused-ring (bicyclic) bond motifs is 1. The van der Waals surface area contributed by atoms with Gasteiger partial charge in [0.25, 0.3) is 5.91 Å². The monoisotopic (exact) mass is 811 g/mol. The van der Waals surface area contributed by atoms with Gasteiger partial charge in [0, 0.05) is 22.0 Å². The van der Waals surface area contributed by atoms with Crippen LogP contribution in [-0.4, -0.2) is 33.9 Å². The van der Waals surface area contributed by atoms with Gasteiger partial charge in [0.2, 0.25) is 11.1 Å². The second kappa shape index (κ2) is 16.4. The van der Waals surface area contributed by atoms with Crippen molar-refractivity contribution in [3.05, 3.63) is 127 Å². The molecule has 1 aromatic heterocycles. The number of allylic oxidation sites excluding steroid dienone is 1. The van der Waals surface area contributed by atoms with Crippen LogP contribution >= 0.6 is 50.9 Å². The first-order valence-electron chi connectivity index (χ1n) is 16.0. The summed E-state index contributed by atoms with van der Waals surface area (Å²) in [6, 6.07) is 22.2. The number of thioether (sulfide) groups is 1. The molecule has 51 heavy (non-hydrogen) atoms. The number of para-hydroxylation sites is 2. The zero-order chi connectivity index (χ0) is 36.1. The van der Waals surface area contributed by atoms with Crippen molar-refractivity contribution in [3.8, 4) is 17.2 Å². The normalized spacial score (nSPS) is 13.7. The van der Waals surface area contributed by atoms with Gasteiger partial charge in [-0.2, -0.15) is 4.98 Å². The summed E-state index contributed by atoms with van der Waals surface area (Å²) in [5.41, 5.74) is 3.31. The molecular weight excluding hydrogens is 780 g/mol. The zero-order valence-electron chi connectivity index (χ0n) is 27.8. The minimum atomic E-state index is -0.756. The Morgan fingerprint density at radius 3 is 2.47 bits per heavy atom. The molecular formula is C37H33BrCl2FN5O4S. The number of carbonyl (C=O) groups is 1. The van der Waals surface area contributed by atoms with Crippen molar-refractivity contribution in [2.24, 2.45) is 0 Å². The molecule has 6 rings (SSSR count). The molecule has 0 fully saturated rings. The first-order chi connectivity index (χ1) is 24.7. The number of anilines is 2. The van der Waals surface area contributed by atoms with Crippen LogP contribution in [0.3, 0.4) is 0 Å². The lowest BCUT2D eigenvalue weighted by Crippen LogP contribution is -2.31. The number of ether oxygens (including phenoxy) is 3. The van der Waals surface area contributed by atoms with Gasteiger partial charge in [-0.1, -0.05) is 71.4 Å². The van der Waals surface area contributed by atoms with Crippen molar-refractivity contribution >= 4 is 68.4 Å². The summed E-state index contributed by atoms with van der Waals surface area (Å²) in [5, 5.41) is 12.6. The quantitative estimate of drug-likeness (QED) is 0.113. The lowest BCUT2D eigenvalue weighted by Gasteiger charge is -2.29. The van der Waals surface area contributed by atoms with E-state index in [0.717, 1.165) is 5.56 Å². The summed E-state index contributed by atoms with van der Waals surface area (Å²) in [6.07, 6.45) is 0. The van der Waals surface area contributed by atoms with E-state index in [2.05, 4.69) is 26.6 Å². The highest BCUT2D eigenvalue weighted by molar-refractivity contribution is 9.10. The molecule has 0 saturated heterocycles. The van der Waals surface area contributed by atoms with E-state index in [4.69, 9.17) is 47.5 Å². The third kappa shape index (κ3) is 8.14. The third-order valence-electron chi connectivity index (χ3n) is 7.90. The van der Waals surface area contributed by atoms with Crippen LogP contribution < -0.4 is 24.8 Å². The highest BCUT2D eigenvalue weighted by Gasteiger charge is 2.36. The van der Waals surface area contributed by atoms with Crippen molar-refractivity contribution in [1.82, 2.24) is 14.8 Å². The van der Waals surface area contributed by atoms with E-state index in [1.807, 2.05) is 63.2 Å². The minimum Gasteiger partial charge on any atom is -0.492 e. The van der Waals surface area contributed by atoms with Crippen molar-refractivity contribution in [1.29, 1.82) is 0 Å². The van der Waals surface area contributed by atoms with Gasteiger partial charge in [-0.15, -0.1) is 5.10 Å². The van der Waals surface area contributed by atoms with Crippen molar-refractivity contribution in [2.75, 3.05) is 23.8 Å². The minimum absolute atomic E-state index is 0.137. The molecule has 1 amide bonds. The number of aromatic nitrogens is 3. The number of amides is 1. The smallest absolute Gasteiger partial charge is 0.255 e. The molecule has 1 aliphatic rings. The maximum absolute atomic E-state index is 14.6. The lowest BCUT2D eigenvalue weighted by molar-refractivity contribution is -0.113. The molecule has 2 N–H and O–H groups in total. The predicted molar refractivity (Wildman–Crippen MR) is 203 cm³/mol. The van der Waals surface area contributed by atoms with Crippen LogP contribution in [0.1, 0.15) is 43.5 Å². The fourth-order valence-corrected chi connectivity index (χ4v) is 7.46. The summed E-state index contributed by atoms with van der Waals surface area (Å²) >= 11 is 17.8. The van der Waals surface area contributed by atoms with Crippen LogP contribution in [0.15, 0.2) is 99.8 Å². The topological polar surface area (TPSA) is 99.5 Å². The number of halogens is 4. The molecule has 0 aliphatic carbocycles. The van der Waals surface area contributed by atoms with E-state index in [1.165, 1.54) is 23.9 Å². The largest absolute Gasteiger partial charge is 0.492 e. The standard InChI is InChI=1S/C37H33BrCl2FN5O4S/c1-4-48-30-16-9-8-15-29(30)43-35(47)32-21(3)42-36-44-37(51-20-22-11-6-7-12-26(22)39)45-46(36)33(32)23-17-25(38)34(31(18-23)49-5-2)50-19-24-27(40)13-10-14-28(24)41/h6-18,33H,4-5,19-20H2,1-3H3,(H,43,47)(H,42,44,45). The van der Waals surface area contributed by atoms with Gasteiger partial charge < -0.3 is 24.8 Å². The van der Waals surface area contributed by atoms with Crippen molar-refractivity contribution < 1.29 is 23.4 Å². The summed E-state index contributed by atoms with van der Waals surface area (Å²) in [7, 11) is 0. The Morgan fingerprint density at radius 2 is 1.71 bits per heavy atom. The average Bonchev–Trinajstić information content (AvgIpc) is 3.51. The van der Waals surface area contributed by atoms with Crippen LogP contribution in [-0.2, 0) is 17.2 Å². The second-order valence-electron chi connectivity index (χ2n) is 11.2. The Hall–Kier alpha value is -4.23. The molecule has 9 nitrogen and oxygen atoms in total. The third-order valence-corrected chi connectivity index (χ3v) is 10.1. The maximum atomic E-state index is 14.6. The van der Waals surface area contributed by atoms with E-state index >= 15 is 0 Å². The Balaban J connectivity index is 1.41. The van der Waals surface area contributed by atoms with Gasteiger partial charge in [0.05, 0.1) is 34.0 Å². The Morgan fingerprint density at radius 1 is 0.980 bits per heavy atom. The van der Waals surface area contributed by atoms with Crippen LogP contribution in [0.25, 0.3) is 0 Å². The Kier molecular flexibility index (Phi) is 11.8. The van der Waals surface area contributed by atoms with Crippen LogP contribution in [0.5, 0.6) is 17.2 Å². The average molecular weight is 814 g/mol. The molecule has 0 radical (unpaired) electrons. The van der Waals surface area contributed by atoms with Gasteiger partial charge in [0.15, 0.2) is 11.5 Å². The van der Waals surface area contributed by atoms with Gasteiger partial charge >= 0.3 is 0 Å². The first kappa shape index (κ1) is 36.6. The molecule has 1 aliphatic heterocycles. The number of rotatable bonds is 13. The molecule has 0 spiro atoms. The van der Waals surface area contributed by atoms with Crippen molar-refractivity contribution in [2.45, 2.75) is 44.3 Å². The first-order valence-corrected chi connectivity index (χ1v) is 18.6. The Bertz CT molecular complexity index is 2090. The van der Waals surface area contributed by atoms with E-state index in [0.29, 0.717) is 79.3 Å². The highest BCUT2D eigenvalue weighted by Crippen LogP contribution is 2.44. The highest BCUT2D eigenvalue weighted by atomic mass is 79.9. The molecule has 5 aromatic rings. The number of nitrogens with one attached hydrogen (secondary N) is 2. The molecule has 1 unspecified atom stereocenters. The lowest BCUT2D eigenvalue weighted by atomic mass is 9.94. The number of carbonyl (C=O) groups excluding carboxylic acids is 1. The van der Waals surface area contributed by atoms with Crippen molar-refractivity contribution in [3.63, 3.8) is 0 Å². The summed E-state index contributed by atoms with van der Waals surface area (Å²) in [4.78, 5) is 19.1. The summed E-state index contributed by atoms with van der Waals surface area (Å²) in [6.45, 7) is 6.15. The van der Waals surface area contributed by atoms with Gasteiger partial charge in [-0.25, -0.2) is 9.07 Å². The zero-order valence-corrected chi connectivity index (χ0v) is 31.7. The van der Waals surface area contributed by atoms with E-state index in [9.17, 15) is 9.18 Å². The van der Waals surface area contributed by atoms with Gasteiger partial charge in [-0.05, 0) is 90.3 Å². The molecule has 1 atom stereocenters. The van der Waals surface area contributed by atoms with Gasteiger partial charge in [-0.3, -0.25) is 4.79 Å². The number of benzene rings is 4. The summed E-state index contributed by atoms with van der Waals surface area (Å²) < 4.78 is 34.8. The molecule has 0 bridgehead atoms. The SMILES string of the molecule is CCOc1ccccc1NC(=O)C1=C(C)Nc2nc(SCc3ccccc3Cl)nn2C1c1cc(Br)c(OCc2c(F)cccc2Cl)c(OCC)c1.